The average molecular weight is 402 g/mol. The number of benzene rings is 2. The molecule has 2 amide bonds. The number of aromatic nitrogens is 2. The van der Waals surface area contributed by atoms with Crippen LogP contribution in [0.1, 0.15) is 10.4 Å². The van der Waals surface area contributed by atoms with Gasteiger partial charge < -0.3 is 10.6 Å². The second kappa shape index (κ2) is 8.66. The van der Waals surface area contributed by atoms with Crippen LogP contribution in [-0.2, 0) is 4.79 Å². The van der Waals surface area contributed by atoms with Crippen molar-refractivity contribution < 1.29 is 18.4 Å². The Hall–Kier alpha value is -3.20. The highest BCUT2D eigenvalue weighted by molar-refractivity contribution is 7.98. The highest BCUT2D eigenvalue weighted by Crippen LogP contribution is 2.18. The van der Waals surface area contributed by atoms with Gasteiger partial charge in [-0.2, -0.15) is 0 Å². The van der Waals surface area contributed by atoms with Crippen molar-refractivity contribution in [1.29, 1.82) is 0 Å². The van der Waals surface area contributed by atoms with E-state index < -0.39 is 23.4 Å². The number of anilines is 1. The second-order valence-electron chi connectivity index (χ2n) is 5.69. The molecule has 3 aromatic rings. The molecule has 0 spiro atoms. The van der Waals surface area contributed by atoms with Gasteiger partial charge in [-0.1, -0.05) is 11.8 Å². The SMILES string of the molecule is CSc1nccn1-c1ccc(C(=O)NCC(=O)Nc2ccc(F)c(F)c2)cc1. The van der Waals surface area contributed by atoms with E-state index in [0.717, 1.165) is 23.0 Å². The quantitative estimate of drug-likeness (QED) is 0.621. The van der Waals surface area contributed by atoms with Crippen LogP contribution in [0.15, 0.2) is 60.0 Å². The van der Waals surface area contributed by atoms with Gasteiger partial charge in [-0.15, -0.1) is 0 Å². The van der Waals surface area contributed by atoms with E-state index in [0.29, 0.717) is 5.56 Å². The van der Waals surface area contributed by atoms with Crippen molar-refractivity contribution in [2.45, 2.75) is 5.16 Å². The molecule has 2 N–H and O–H groups in total. The van der Waals surface area contributed by atoms with Gasteiger partial charge in [-0.05, 0) is 42.7 Å². The minimum Gasteiger partial charge on any atom is -0.343 e. The standard InChI is InChI=1S/C19H16F2N4O2S/c1-28-19-22-8-9-25(19)14-5-2-12(3-6-14)18(27)23-11-17(26)24-13-4-7-15(20)16(21)10-13/h2-10H,11H2,1H3,(H,23,27)(H,24,26). The first-order chi connectivity index (χ1) is 13.5. The minimum absolute atomic E-state index is 0.104. The van der Waals surface area contributed by atoms with Gasteiger partial charge in [0.05, 0.1) is 6.54 Å². The third kappa shape index (κ3) is 4.55. The Kier molecular flexibility index (Phi) is 6.05. The maximum absolute atomic E-state index is 13.1. The number of carbonyl (C=O) groups excluding carboxylic acids is 2. The van der Waals surface area contributed by atoms with E-state index in [1.165, 1.54) is 17.8 Å². The highest BCUT2D eigenvalue weighted by Gasteiger charge is 2.11. The Morgan fingerprint density at radius 1 is 1.11 bits per heavy atom. The van der Waals surface area contributed by atoms with E-state index in [9.17, 15) is 18.4 Å². The molecule has 6 nitrogen and oxygen atoms in total. The zero-order valence-corrected chi connectivity index (χ0v) is 15.6. The van der Waals surface area contributed by atoms with Gasteiger partial charge in [0.1, 0.15) is 0 Å². The smallest absolute Gasteiger partial charge is 0.251 e. The molecule has 0 radical (unpaired) electrons. The monoisotopic (exact) mass is 402 g/mol. The predicted octanol–water partition coefficient (Wildman–Crippen LogP) is 3.24. The van der Waals surface area contributed by atoms with Gasteiger partial charge in [-0.3, -0.25) is 14.2 Å². The summed E-state index contributed by atoms with van der Waals surface area (Å²) in [4.78, 5) is 28.3. The second-order valence-corrected chi connectivity index (χ2v) is 6.46. The molecule has 3 rings (SSSR count). The first-order valence-electron chi connectivity index (χ1n) is 8.19. The fourth-order valence-corrected chi connectivity index (χ4v) is 2.98. The van der Waals surface area contributed by atoms with Crippen molar-refractivity contribution in [1.82, 2.24) is 14.9 Å². The first-order valence-corrected chi connectivity index (χ1v) is 9.41. The molecule has 0 saturated heterocycles. The van der Waals surface area contributed by atoms with E-state index in [-0.39, 0.29) is 12.2 Å². The van der Waals surface area contributed by atoms with Crippen LogP contribution < -0.4 is 10.6 Å². The summed E-state index contributed by atoms with van der Waals surface area (Å²) in [5, 5.41) is 5.69. The van der Waals surface area contributed by atoms with E-state index in [1.807, 2.05) is 17.0 Å². The number of halogens is 2. The maximum Gasteiger partial charge on any atom is 0.251 e. The molecule has 0 aliphatic rings. The summed E-state index contributed by atoms with van der Waals surface area (Å²) >= 11 is 1.50. The third-order valence-electron chi connectivity index (χ3n) is 3.81. The number of nitrogens with zero attached hydrogens (tertiary/aromatic N) is 2. The molecule has 1 aromatic heterocycles. The molecule has 0 aliphatic carbocycles. The average Bonchev–Trinajstić information content (AvgIpc) is 3.18. The fraction of sp³-hybridized carbons (Fsp3) is 0.105. The van der Waals surface area contributed by atoms with Gasteiger partial charge in [-0.25, -0.2) is 13.8 Å². The zero-order chi connectivity index (χ0) is 20.1. The van der Waals surface area contributed by atoms with Crippen molar-refractivity contribution in [3.63, 3.8) is 0 Å². The number of thioether (sulfide) groups is 1. The normalized spacial score (nSPS) is 10.5. The lowest BCUT2D eigenvalue weighted by Gasteiger charge is -2.09. The summed E-state index contributed by atoms with van der Waals surface area (Å²) in [6, 6.07) is 9.84. The zero-order valence-electron chi connectivity index (χ0n) is 14.8. The molecule has 1 heterocycles. The van der Waals surface area contributed by atoms with Crippen LogP contribution in [0, 0.1) is 11.6 Å². The maximum atomic E-state index is 13.1. The van der Waals surface area contributed by atoms with Crippen molar-refractivity contribution in [3.05, 3.63) is 72.1 Å². The van der Waals surface area contributed by atoms with Gasteiger partial charge >= 0.3 is 0 Å². The lowest BCUT2D eigenvalue weighted by Crippen LogP contribution is -2.32. The number of hydrogen-bond acceptors (Lipinski definition) is 4. The minimum atomic E-state index is -1.07. The molecule has 0 fully saturated rings. The summed E-state index contributed by atoms with van der Waals surface area (Å²) in [6.45, 7) is -0.308. The fourth-order valence-electron chi connectivity index (χ4n) is 2.45. The van der Waals surface area contributed by atoms with Crippen molar-refractivity contribution >= 4 is 29.3 Å². The van der Waals surface area contributed by atoms with E-state index in [2.05, 4.69) is 15.6 Å². The van der Waals surface area contributed by atoms with Crippen molar-refractivity contribution in [2.24, 2.45) is 0 Å². The van der Waals surface area contributed by atoms with Crippen LogP contribution in [-0.4, -0.2) is 34.2 Å². The Morgan fingerprint density at radius 2 is 1.86 bits per heavy atom. The first kappa shape index (κ1) is 19.6. The molecule has 0 atom stereocenters. The van der Waals surface area contributed by atoms with Crippen LogP contribution >= 0.6 is 11.8 Å². The molecule has 0 aliphatic heterocycles. The predicted molar refractivity (Wildman–Crippen MR) is 103 cm³/mol. The number of carbonyl (C=O) groups is 2. The molecule has 9 heteroatoms. The lowest BCUT2D eigenvalue weighted by molar-refractivity contribution is -0.115. The molecule has 0 unspecified atom stereocenters. The molecular weight excluding hydrogens is 386 g/mol. The molecular formula is C19H16F2N4O2S. The van der Waals surface area contributed by atoms with Crippen LogP contribution in [0.3, 0.4) is 0 Å². The highest BCUT2D eigenvalue weighted by atomic mass is 32.2. The number of amides is 2. The number of rotatable bonds is 6. The molecule has 0 saturated carbocycles. The number of hydrogen-bond donors (Lipinski definition) is 2. The molecule has 144 valence electrons. The summed E-state index contributed by atoms with van der Waals surface area (Å²) in [5.74, 6) is -3.05. The van der Waals surface area contributed by atoms with E-state index in [4.69, 9.17) is 0 Å². The van der Waals surface area contributed by atoms with E-state index >= 15 is 0 Å². The Bertz CT molecular complexity index is 1010. The number of nitrogens with one attached hydrogen (secondary N) is 2. The molecule has 28 heavy (non-hydrogen) atoms. The van der Waals surface area contributed by atoms with E-state index in [1.54, 1.807) is 30.5 Å². The van der Waals surface area contributed by atoms with Gasteiger partial charge in [0.25, 0.3) is 5.91 Å². The number of imidazole rings is 1. The van der Waals surface area contributed by atoms with Crippen molar-refractivity contribution in [2.75, 3.05) is 18.1 Å². The largest absolute Gasteiger partial charge is 0.343 e. The Morgan fingerprint density at radius 3 is 2.54 bits per heavy atom. The Labute approximate surface area is 164 Å². The van der Waals surface area contributed by atoms with Gasteiger partial charge in [0, 0.05) is 35.4 Å². The molecule has 2 aromatic carbocycles. The summed E-state index contributed by atoms with van der Waals surface area (Å²) < 4.78 is 27.9. The van der Waals surface area contributed by atoms with Crippen LogP contribution in [0.2, 0.25) is 0 Å². The summed E-state index contributed by atoms with van der Waals surface area (Å²) in [7, 11) is 0. The lowest BCUT2D eigenvalue weighted by atomic mass is 10.2. The van der Waals surface area contributed by atoms with Gasteiger partial charge in [0.2, 0.25) is 5.91 Å². The van der Waals surface area contributed by atoms with Gasteiger partial charge in [0.15, 0.2) is 16.8 Å². The van der Waals surface area contributed by atoms with Crippen molar-refractivity contribution in [3.8, 4) is 5.69 Å². The van der Waals surface area contributed by atoms with Crippen LogP contribution in [0.5, 0.6) is 0 Å². The molecule has 0 bridgehead atoms. The topological polar surface area (TPSA) is 76.0 Å². The summed E-state index contributed by atoms with van der Waals surface area (Å²) in [5.41, 5.74) is 1.34. The van der Waals surface area contributed by atoms with Crippen LogP contribution in [0.25, 0.3) is 5.69 Å². The summed E-state index contributed by atoms with van der Waals surface area (Å²) in [6.07, 6.45) is 5.44. The van der Waals surface area contributed by atoms with Crippen LogP contribution in [0.4, 0.5) is 14.5 Å². The third-order valence-corrected chi connectivity index (χ3v) is 4.48. The Balaban J connectivity index is 1.57.